The van der Waals surface area contributed by atoms with Gasteiger partial charge in [-0.05, 0) is 55.7 Å². The van der Waals surface area contributed by atoms with Gasteiger partial charge in [0.25, 0.3) is 0 Å². The maximum atomic E-state index is 13.6. The van der Waals surface area contributed by atoms with E-state index < -0.39 is 0 Å². The molecule has 2 nitrogen and oxygen atoms in total. The molecule has 0 bridgehead atoms. The third-order valence-corrected chi connectivity index (χ3v) is 2.77. The van der Waals surface area contributed by atoms with E-state index in [4.69, 9.17) is 10.5 Å². The molecule has 2 rings (SSSR count). The van der Waals surface area contributed by atoms with E-state index in [1.807, 2.05) is 38.1 Å². The lowest BCUT2D eigenvalue weighted by Crippen LogP contribution is -2.17. The van der Waals surface area contributed by atoms with Crippen molar-refractivity contribution in [2.45, 2.75) is 26.3 Å². The van der Waals surface area contributed by atoms with Crippen LogP contribution in [0.4, 0.5) is 4.39 Å². The van der Waals surface area contributed by atoms with Crippen LogP contribution >= 0.6 is 0 Å². The van der Waals surface area contributed by atoms with Crippen LogP contribution in [0.1, 0.15) is 18.1 Å². The van der Waals surface area contributed by atoms with Crippen molar-refractivity contribution in [3.63, 3.8) is 0 Å². The molecule has 1 atom stereocenters. The fraction of sp³-hybridized carbons (Fsp3) is 0.250. The highest BCUT2D eigenvalue weighted by Gasteiger charge is 2.06. The second-order valence-electron chi connectivity index (χ2n) is 4.86. The second kappa shape index (κ2) is 5.85. The molecule has 3 heteroatoms. The van der Waals surface area contributed by atoms with Crippen LogP contribution in [0.5, 0.6) is 11.5 Å². The van der Waals surface area contributed by atoms with E-state index in [9.17, 15) is 4.39 Å². The Bertz CT molecular complexity index is 566. The summed E-state index contributed by atoms with van der Waals surface area (Å²) in [6.07, 6.45) is 0.771. The Hall–Kier alpha value is -1.87. The molecule has 19 heavy (non-hydrogen) atoms. The van der Waals surface area contributed by atoms with Crippen LogP contribution in [0.15, 0.2) is 42.5 Å². The van der Waals surface area contributed by atoms with E-state index in [2.05, 4.69) is 0 Å². The molecule has 0 aliphatic heterocycles. The highest BCUT2D eigenvalue weighted by Crippen LogP contribution is 2.26. The topological polar surface area (TPSA) is 35.2 Å². The van der Waals surface area contributed by atoms with E-state index in [-0.39, 0.29) is 17.6 Å². The molecular formula is C16H18FNO. The summed E-state index contributed by atoms with van der Waals surface area (Å²) in [4.78, 5) is 0. The molecule has 2 aromatic rings. The Kier molecular flexibility index (Phi) is 4.17. The molecule has 0 amide bonds. The smallest absolute Gasteiger partial charge is 0.165 e. The number of benzene rings is 2. The summed E-state index contributed by atoms with van der Waals surface area (Å²) in [6, 6.07) is 12.5. The number of hydrogen-bond acceptors (Lipinski definition) is 2. The standard InChI is InChI=1S/C16H18FNO/c1-11-6-7-15(17)16(8-11)19-14-5-3-4-13(10-14)9-12(2)18/h3-8,10,12H,9,18H2,1-2H3. The van der Waals surface area contributed by atoms with Crippen molar-refractivity contribution < 1.29 is 9.13 Å². The van der Waals surface area contributed by atoms with Gasteiger partial charge in [-0.3, -0.25) is 0 Å². The first-order valence-corrected chi connectivity index (χ1v) is 6.33. The number of aryl methyl sites for hydroxylation is 1. The molecule has 1 unspecified atom stereocenters. The van der Waals surface area contributed by atoms with Crippen molar-refractivity contribution in [2.24, 2.45) is 5.73 Å². The molecule has 0 heterocycles. The zero-order valence-corrected chi connectivity index (χ0v) is 11.2. The number of hydrogen-bond donors (Lipinski definition) is 1. The molecule has 2 aromatic carbocycles. The van der Waals surface area contributed by atoms with Crippen molar-refractivity contribution >= 4 is 0 Å². The zero-order chi connectivity index (χ0) is 13.8. The van der Waals surface area contributed by atoms with Crippen molar-refractivity contribution in [1.29, 1.82) is 0 Å². The SMILES string of the molecule is Cc1ccc(F)c(Oc2cccc(CC(C)N)c2)c1. The van der Waals surface area contributed by atoms with Gasteiger partial charge in [0.2, 0.25) is 0 Å². The summed E-state index contributed by atoms with van der Waals surface area (Å²) >= 11 is 0. The largest absolute Gasteiger partial charge is 0.454 e. The number of rotatable bonds is 4. The third-order valence-electron chi connectivity index (χ3n) is 2.77. The fourth-order valence-corrected chi connectivity index (χ4v) is 1.92. The van der Waals surface area contributed by atoms with Gasteiger partial charge in [0.15, 0.2) is 11.6 Å². The number of ether oxygens (including phenoxy) is 1. The van der Waals surface area contributed by atoms with Crippen molar-refractivity contribution in [3.8, 4) is 11.5 Å². The van der Waals surface area contributed by atoms with Gasteiger partial charge in [-0.15, -0.1) is 0 Å². The van der Waals surface area contributed by atoms with Crippen LogP contribution in [0.2, 0.25) is 0 Å². The van der Waals surface area contributed by atoms with Gasteiger partial charge in [0.05, 0.1) is 0 Å². The molecule has 0 fully saturated rings. The van der Waals surface area contributed by atoms with Crippen LogP contribution in [0.3, 0.4) is 0 Å². The number of nitrogens with two attached hydrogens (primary N) is 1. The molecule has 0 aromatic heterocycles. The summed E-state index contributed by atoms with van der Waals surface area (Å²) in [6.45, 7) is 3.85. The molecule has 2 N–H and O–H groups in total. The minimum Gasteiger partial charge on any atom is -0.454 e. The minimum absolute atomic E-state index is 0.0888. The Balaban J connectivity index is 2.21. The Morgan fingerprint density at radius 2 is 2.00 bits per heavy atom. The highest BCUT2D eigenvalue weighted by molar-refractivity contribution is 5.36. The van der Waals surface area contributed by atoms with Crippen molar-refractivity contribution in [1.82, 2.24) is 0 Å². The predicted molar refractivity (Wildman–Crippen MR) is 75.0 cm³/mol. The van der Waals surface area contributed by atoms with Gasteiger partial charge in [-0.2, -0.15) is 0 Å². The van der Waals surface area contributed by atoms with Gasteiger partial charge in [0.1, 0.15) is 5.75 Å². The first-order chi connectivity index (χ1) is 9.04. The molecular weight excluding hydrogens is 241 g/mol. The summed E-state index contributed by atoms with van der Waals surface area (Å²) in [7, 11) is 0. The maximum Gasteiger partial charge on any atom is 0.165 e. The average molecular weight is 259 g/mol. The van der Waals surface area contributed by atoms with E-state index >= 15 is 0 Å². The molecule has 0 saturated heterocycles. The minimum atomic E-state index is -0.358. The fourth-order valence-electron chi connectivity index (χ4n) is 1.92. The van der Waals surface area contributed by atoms with Gasteiger partial charge in [-0.1, -0.05) is 18.2 Å². The van der Waals surface area contributed by atoms with E-state index in [1.54, 1.807) is 12.1 Å². The quantitative estimate of drug-likeness (QED) is 0.906. The Morgan fingerprint density at radius 1 is 1.21 bits per heavy atom. The predicted octanol–water partition coefficient (Wildman–Crippen LogP) is 3.82. The van der Waals surface area contributed by atoms with Crippen LogP contribution in [0.25, 0.3) is 0 Å². The van der Waals surface area contributed by atoms with E-state index in [1.165, 1.54) is 6.07 Å². The summed E-state index contributed by atoms with van der Waals surface area (Å²) in [5.74, 6) is 0.517. The molecule has 100 valence electrons. The Labute approximate surface area is 113 Å². The maximum absolute atomic E-state index is 13.6. The lowest BCUT2D eigenvalue weighted by atomic mass is 10.1. The van der Waals surface area contributed by atoms with Crippen LogP contribution < -0.4 is 10.5 Å². The molecule has 0 aliphatic carbocycles. The third kappa shape index (κ3) is 3.80. The normalized spacial score (nSPS) is 12.2. The second-order valence-corrected chi connectivity index (χ2v) is 4.86. The van der Waals surface area contributed by atoms with Crippen molar-refractivity contribution in [2.75, 3.05) is 0 Å². The lowest BCUT2D eigenvalue weighted by Gasteiger charge is -2.10. The monoisotopic (exact) mass is 259 g/mol. The highest BCUT2D eigenvalue weighted by atomic mass is 19.1. The van der Waals surface area contributed by atoms with Gasteiger partial charge >= 0.3 is 0 Å². The van der Waals surface area contributed by atoms with Crippen LogP contribution in [-0.2, 0) is 6.42 Å². The summed E-state index contributed by atoms with van der Waals surface area (Å²) in [5.41, 5.74) is 7.82. The summed E-state index contributed by atoms with van der Waals surface area (Å²) < 4.78 is 19.2. The van der Waals surface area contributed by atoms with Crippen LogP contribution in [0, 0.1) is 12.7 Å². The van der Waals surface area contributed by atoms with Crippen molar-refractivity contribution in [3.05, 3.63) is 59.4 Å². The average Bonchev–Trinajstić information content (AvgIpc) is 2.33. The molecule has 0 saturated carbocycles. The molecule has 0 radical (unpaired) electrons. The molecule has 0 spiro atoms. The number of halogens is 1. The zero-order valence-electron chi connectivity index (χ0n) is 11.2. The Morgan fingerprint density at radius 3 is 2.74 bits per heavy atom. The van der Waals surface area contributed by atoms with Gasteiger partial charge < -0.3 is 10.5 Å². The summed E-state index contributed by atoms with van der Waals surface area (Å²) in [5, 5.41) is 0. The molecule has 0 aliphatic rings. The van der Waals surface area contributed by atoms with Gasteiger partial charge in [0, 0.05) is 6.04 Å². The van der Waals surface area contributed by atoms with E-state index in [0.717, 1.165) is 17.5 Å². The van der Waals surface area contributed by atoms with Crippen LogP contribution in [-0.4, -0.2) is 6.04 Å². The first kappa shape index (κ1) is 13.6. The first-order valence-electron chi connectivity index (χ1n) is 6.33. The lowest BCUT2D eigenvalue weighted by molar-refractivity contribution is 0.441. The van der Waals surface area contributed by atoms with E-state index in [0.29, 0.717) is 5.75 Å². The van der Waals surface area contributed by atoms with Gasteiger partial charge in [-0.25, -0.2) is 4.39 Å².